The Balaban J connectivity index is 1.28. The van der Waals surface area contributed by atoms with Crippen molar-refractivity contribution in [1.82, 2.24) is 5.32 Å². The minimum atomic E-state index is -0.551. The van der Waals surface area contributed by atoms with Crippen LogP contribution in [0.1, 0.15) is 10.6 Å². The molecule has 5 rings (SSSR count). The molecule has 6 nitrogen and oxygen atoms in total. The first-order valence-electron chi connectivity index (χ1n) is 10.8. The standard InChI is InChI=1S/C27H15Cl3N2O4S/c28-15-5-7-18(20(29)12-15)23-9-10-24(35-23)25(33)32-27(37)31-16-6-8-17(21(30)13-16)19-11-14-3-1-2-4-22(14)36-26(19)34/h1-13H,(H2,31,32,33,37). The summed E-state index contributed by atoms with van der Waals surface area (Å²) >= 11 is 23.9. The van der Waals surface area contributed by atoms with Crippen molar-refractivity contribution in [1.29, 1.82) is 0 Å². The number of furan rings is 1. The first-order valence-corrected chi connectivity index (χ1v) is 12.3. The van der Waals surface area contributed by atoms with Gasteiger partial charge in [-0.15, -0.1) is 0 Å². The third kappa shape index (κ3) is 5.40. The van der Waals surface area contributed by atoms with E-state index in [-0.39, 0.29) is 10.9 Å². The van der Waals surface area contributed by atoms with Crippen molar-refractivity contribution in [2.24, 2.45) is 0 Å². The number of anilines is 1. The number of fused-ring (bicyclic) bond motifs is 1. The highest BCUT2D eigenvalue weighted by atomic mass is 35.5. The fourth-order valence-corrected chi connectivity index (χ4v) is 4.68. The van der Waals surface area contributed by atoms with Gasteiger partial charge in [-0.1, -0.05) is 59.1 Å². The third-order valence-electron chi connectivity index (χ3n) is 5.41. The molecular weight excluding hydrogens is 555 g/mol. The first kappa shape index (κ1) is 25.0. The van der Waals surface area contributed by atoms with Crippen LogP contribution in [0.2, 0.25) is 15.1 Å². The lowest BCUT2D eigenvalue weighted by Crippen LogP contribution is -2.33. The molecule has 0 aliphatic rings. The van der Waals surface area contributed by atoms with Crippen molar-refractivity contribution in [3.05, 3.63) is 110 Å². The molecule has 0 atom stereocenters. The van der Waals surface area contributed by atoms with Gasteiger partial charge in [-0.2, -0.15) is 0 Å². The summed E-state index contributed by atoms with van der Waals surface area (Å²) in [5, 5.41) is 7.44. The molecular formula is C27H15Cl3N2O4S. The number of hydrogen-bond donors (Lipinski definition) is 2. The summed E-state index contributed by atoms with van der Waals surface area (Å²) < 4.78 is 11.0. The molecule has 1 amide bonds. The molecule has 0 bridgehead atoms. The van der Waals surface area contributed by atoms with Gasteiger partial charge in [0.25, 0.3) is 5.91 Å². The van der Waals surface area contributed by atoms with Crippen molar-refractivity contribution in [2.75, 3.05) is 5.32 Å². The van der Waals surface area contributed by atoms with E-state index < -0.39 is 11.5 Å². The van der Waals surface area contributed by atoms with Gasteiger partial charge in [0.2, 0.25) is 0 Å². The van der Waals surface area contributed by atoms with Gasteiger partial charge in [0.15, 0.2) is 10.9 Å². The van der Waals surface area contributed by atoms with Crippen LogP contribution in [0.5, 0.6) is 0 Å². The number of amides is 1. The van der Waals surface area contributed by atoms with Crippen LogP contribution in [0, 0.1) is 0 Å². The molecule has 5 aromatic rings. The number of thiocarbonyl (C=S) groups is 1. The Labute approximate surface area is 230 Å². The largest absolute Gasteiger partial charge is 0.451 e. The van der Waals surface area contributed by atoms with Crippen LogP contribution in [-0.2, 0) is 0 Å². The van der Waals surface area contributed by atoms with Crippen molar-refractivity contribution in [2.45, 2.75) is 0 Å². The lowest BCUT2D eigenvalue weighted by molar-refractivity contribution is 0.0951. The lowest BCUT2D eigenvalue weighted by atomic mass is 10.1. The van der Waals surface area contributed by atoms with E-state index in [0.717, 1.165) is 5.39 Å². The monoisotopic (exact) mass is 568 g/mol. The Kier molecular flexibility index (Phi) is 7.04. The van der Waals surface area contributed by atoms with E-state index in [1.54, 1.807) is 60.7 Å². The molecule has 0 saturated heterocycles. The molecule has 2 N–H and O–H groups in total. The van der Waals surface area contributed by atoms with E-state index in [1.807, 2.05) is 12.1 Å². The molecule has 10 heteroatoms. The third-order valence-corrected chi connectivity index (χ3v) is 6.48. The number of para-hydroxylation sites is 1. The van der Waals surface area contributed by atoms with Gasteiger partial charge in [-0.3, -0.25) is 10.1 Å². The predicted molar refractivity (Wildman–Crippen MR) is 151 cm³/mol. The maximum absolute atomic E-state index is 12.6. The van der Waals surface area contributed by atoms with Crippen LogP contribution in [0.15, 0.2) is 92.5 Å². The smallest absolute Gasteiger partial charge is 0.344 e. The van der Waals surface area contributed by atoms with Gasteiger partial charge in [0, 0.05) is 27.2 Å². The highest BCUT2D eigenvalue weighted by molar-refractivity contribution is 7.80. The minimum absolute atomic E-state index is 0.0292. The second-order valence-electron chi connectivity index (χ2n) is 7.88. The molecule has 0 aliphatic heterocycles. The zero-order valence-electron chi connectivity index (χ0n) is 18.7. The van der Waals surface area contributed by atoms with Crippen molar-refractivity contribution in [3.63, 3.8) is 0 Å². The molecule has 37 heavy (non-hydrogen) atoms. The molecule has 2 aromatic heterocycles. The predicted octanol–water partition coefficient (Wildman–Crippen LogP) is 7.81. The fraction of sp³-hybridized carbons (Fsp3) is 0. The van der Waals surface area contributed by atoms with Gasteiger partial charge < -0.3 is 14.2 Å². The van der Waals surface area contributed by atoms with Gasteiger partial charge >= 0.3 is 5.63 Å². The lowest BCUT2D eigenvalue weighted by Gasteiger charge is -2.11. The van der Waals surface area contributed by atoms with E-state index in [1.165, 1.54) is 6.07 Å². The Morgan fingerprint density at radius 2 is 1.54 bits per heavy atom. The van der Waals surface area contributed by atoms with Gasteiger partial charge in [0.1, 0.15) is 11.3 Å². The Morgan fingerprint density at radius 3 is 2.32 bits per heavy atom. The van der Waals surface area contributed by atoms with Gasteiger partial charge in [-0.25, -0.2) is 4.79 Å². The van der Waals surface area contributed by atoms with E-state index in [2.05, 4.69) is 10.6 Å². The average Bonchev–Trinajstić information content (AvgIpc) is 3.34. The average molecular weight is 570 g/mol. The maximum Gasteiger partial charge on any atom is 0.344 e. The quantitative estimate of drug-likeness (QED) is 0.170. The summed E-state index contributed by atoms with van der Waals surface area (Å²) in [6.45, 7) is 0. The van der Waals surface area contributed by atoms with E-state index in [9.17, 15) is 9.59 Å². The van der Waals surface area contributed by atoms with Gasteiger partial charge in [0.05, 0.1) is 15.6 Å². The van der Waals surface area contributed by atoms with E-state index in [4.69, 9.17) is 55.9 Å². The van der Waals surface area contributed by atoms with E-state index >= 15 is 0 Å². The van der Waals surface area contributed by atoms with Gasteiger partial charge in [-0.05, 0) is 66.8 Å². The maximum atomic E-state index is 12.6. The number of carbonyl (C=O) groups is 1. The minimum Gasteiger partial charge on any atom is -0.451 e. The zero-order valence-corrected chi connectivity index (χ0v) is 21.8. The molecule has 0 spiro atoms. The highest BCUT2D eigenvalue weighted by Gasteiger charge is 2.16. The number of halogens is 3. The zero-order chi connectivity index (χ0) is 26.1. The number of carbonyl (C=O) groups excluding carboxylic acids is 1. The van der Waals surface area contributed by atoms with Crippen molar-refractivity contribution >= 4 is 74.7 Å². The topological polar surface area (TPSA) is 84.5 Å². The van der Waals surface area contributed by atoms with Crippen LogP contribution < -0.4 is 16.3 Å². The fourth-order valence-electron chi connectivity index (χ4n) is 3.68. The second kappa shape index (κ2) is 10.4. The van der Waals surface area contributed by atoms with Crippen LogP contribution in [0.3, 0.4) is 0 Å². The normalized spacial score (nSPS) is 10.9. The molecule has 3 aromatic carbocycles. The summed E-state index contributed by atoms with van der Waals surface area (Å²) in [5.74, 6) is -0.0990. The van der Waals surface area contributed by atoms with Crippen LogP contribution in [0.4, 0.5) is 5.69 Å². The first-order chi connectivity index (χ1) is 17.8. The summed E-state index contributed by atoms with van der Waals surface area (Å²) in [6.07, 6.45) is 0. The summed E-state index contributed by atoms with van der Waals surface area (Å²) in [4.78, 5) is 25.1. The molecule has 0 fully saturated rings. The van der Waals surface area contributed by atoms with E-state index in [0.29, 0.717) is 48.8 Å². The van der Waals surface area contributed by atoms with Crippen LogP contribution >= 0.6 is 47.0 Å². The van der Waals surface area contributed by atoms with Crippen LogP contribution in [-0.4, -0.2) is 11.0 Å². The number of hydrogen-bond acceptors (Lipinski definition) is 5. The molecule has 184 valence electrons. The second-order valence-corrected chi connectivity index (χ2v) is 9.54. The molecule has 2 heterocycles. The summed E-state index contributed by atoms with van der Waals surface area (Å²) in [7, 11) is 0. The van der Waals surface area contributed by atoms with Crippen molar-refractivity contribution < 1.29 is 13.6 Å². The highest BCUT2D eigenvalue weighted by Crippen LogP contribution is 2.32. The Hall–Kier alpha value is -3.62. The Bertz CT molecular complexity index is 1750. The molecule has 0 aliphatic carbocycles. The summed E-state index contributed by atoms with van der Waals surface area (Å²) in [6, 6.07) is 22.0. The Morgan fingerprint density at radius 1 is 0.784 bits per heavy atom. The number of benzene rings is 3. The van der Waals surface area contributed by atoms with Crippen LogP contribution in [0.25, 0.3) is 33.4 Å². The number of rotatable bonds is 4. The number of nitrogens with one attached hydrogen (secondary N) is 2. The molecule has 0 radical (unpaired) electrons. The van der Waals surface area contributed by atoms with Crippen molar-refractivity contribution in [3.8, 4) is 22.5 Å². The SMILES string of the molecule is O=C(NC(=S)Nc1ccc(-c2cc3ccccc3oc2=O)c(Cl)c1)c1ccc(-c2ccc(Cl)cc2Cl)o1. The molecule has 0 unspecified atom stereocenters. The summed E-state index contributed by atoms with van der Waals surface area (Å²) in [5.41, 5.74) is 1.94. The molecule has 0 saturated carbocycles.